The number of hydrogen-bond acceptors (Lipinski definition) is 3. The zero-order valence-electron chi connectivity index (χ0n) is 14.8. The molecule has 4 nitrogen and oxygen atoms in total. The Labute approximate surface area is 164 Å². The Hall–Kier alpha value is -1.59. The molecule has 0 aliphatic carbocycles. The quantitative estimate of drug-likeness (QED) is 0.834. The van der Waals surface area contributed by atoms with Gasteiger partial charge in [-0.05, 0) is 36.8 Å². The van der Waals surface area contributed by atoms with Crippen LogP contribution < -0.4 is 5.32 Å². The van der Waals surface area contributed by atoms with E-state index in [0.29, 0.717) is 16.6 Å². The molecule has 0 bridgehead atoms. The van der Waals surface area contributed by atoms with Crippen LogP contribution in [0.5, 0.6) is 0 Å². The van der Waals surface area contributed by atoms with Gasteiger partial charge >= 0.3 is 0 Å². The summed E-state index contributed by atoms with van der Waals surface area (Å²) in [6, 6.07) is 13.6. The van der Waals surface area contributed by atoms with Crippen molar-refractivity contribution in [1.29, 1.82) is 0 Å². The Bertz CT molecular complexity index is 756. The molecule has 0 atom stereocenters. The molecule has 1 heterocycles. The van der Waals surface area contributed by atoms with Crippen LogP contribution in [-0.4, -0.2) is 48.4 Å². The second-order valence-electron chi connectivity index (χ2n) is 6.71. The number of halogens is 2. The van der Waals surface area contributed by atoms with Gasteiger partial charge in [0.15, 0.2) is 0 Å². The van der Waals surface area contributed by atoms with Gasteiger partial charge in [0.1, 0.15) is 0 Å². The van der Waals surface area contributed by atoms with Gasteiger partial charge in [0.2, 0.25) is 5.91 Å². The zero-order chi connectivity index (χ0) is 18.5. The van der Waals surface area contributed by atoms with Crippen LogP contribution in [-0.2, 0) is 11.3 Å². The van der Waals surface area contributed by atoms with Gasteiger partial charge in [0, 0.05) is 38.4 Å². The van der Waals surface area contributed by atoms with Crippen LogP contribution in [0.4, 0.5) is 5.69 Å². The summed E-state index contributed by atoms with van der Waals surface area (Å²) in [5.74, 6) is 0.0341. The second kappa shape index (κ2) is 8.87. The summed E-state index contributed by atoms with van der Waals surface area (Å²) in [6.07, 6.45) is 0. The minimum atomic E-state index is 0.0341. The van der Waals surface area contributed by atoms with Crippen molar-refractivity contribution in [1.82, 2.24) is 9.80 Å². The van der Waals surface area contributed by atoms with E-state index in [4.69, 9.17) is 23.2 Å². The monoisotopic (exact) mass is 391 g/mol. The molecule has 1 aliphatic rings. The maximum absolute atomic E-state index is 12.2. The maximum Gasteiger partial charge on any atom is 0.238 e. The van der Waals surface area contributed by atoms with Gasteiger partial charge in [0.05, 0.1) is 16.6 Å². The lowest BCUT2D eigenvalue weighted by atomic mass is 10.2. The Balaban J connectivity index is 1.43. The van der Waals surface area contributed by atoms with E-state index >= 15 is 0 Å². The highest BCUT2D eigenvalue weighted by Crippen LogP contribution is 2.23. The van der Waals surface area contributed by atoms with Crippen molar-refractivity contribution in [3.8, 4) is 0 Å². The average molecular weight is 392 g/mol. The van der Waals surface area contributed by atoms with Crippen LogP contribution in [0, 0.1) is 6.92 Å². The van der Waals surface area contributed by atoms with Crippen molar-refractivity contribution in [2.45, 2.75) is 13.5 Å². The fourth-order valence-corrected chi connectivity index (χ4v) is 3.36. The van der Waals surface area contributed by atoms with Gasteiger partial charge in [-0.2, -0.15) is 0 Å². The van der Waals surface area contributed by atoms with Gasteiger partial charge in [-0.15, -0.1) is 0 Å². The van der Waals surface area contributed by atoms with Crippen LogP contribution in [0.2, 0.25) is 10.0 Å². The molecule has 1 fully saturated rings. The Morgan fingerprint density at radius 1 is 0.962 bits per heavy atom. The van der Waals surface area contributed by atoms with Crippen molar-refractivity contribution in [2.75, 3.05) is 38.0 Å². The number of hydrogen-bond donors (Lipinski definition) is 1. The Kier molecular flexibility index (Phi) is 6.54. The molecule has 1 amide bonds. The van der Waals surface area contributed by atoms with Gasteiger partial charge in [-0.25, -0.2) is 0 Å². The van der Waals surface area contributed by atoms with E-state index in [1.54, 1.807) is 0 Å². The Morgan fingerprint density at radius 2 is 1.62 bits per heavy atom. The van der Waals surface area contributed by atoms with Crippen molar-refractivity contribution in [3.63, 3.8) is 0 Å². The highest BCUT2D eigenvalue weighted by atomic mass is 35.5. The minimum Gasteiger partial charge on any atom is -0.325 e. The molecular weight excluding hydrogens is 369 g/mol. The van der Waals surface area contributed by atoms with E-state index in [2.05, 4.69) is 15.1 Å². The SMILES string of the molecule is Cc1ccc(NC(=O)CN2CCN(Cc3ccc(Cl)c(Cl)c3)CC2)cc1. The first-order valence-electron chi connectivity index (χ1n) is 8.75. The number of piperazine rings is 1. The van der Waals surface area contributed by atoms with Crippen molar-refractivity contribution < 1.29 is 4.79 Å². The lowest BCUT2D eigenvalue weighted by molar-refractivity contribution is -0.117. The van der Waals surface area contributed by atoms with Gasteiger partial charge in [0.25, 0.3) is 0 Å². The number of anilines is 1. The van der Waals surface area contributed by atoms with E-state index < -0.39 is 0 Å². The highest BCUT2D eigenvalue weighted by Gasteiger charge is 2.19. The summed E-state index contributed by atoms with van der Waals surface area (Å²) in [5.41, 5.74) is 3.19. The molecule has 1 saturated heterocycles. The predicted octanol–water partition coefficient (Wildman–Crippen LogP) is 4.06. The number of carbonyl (C=O) groups is 1. The second-order valence-corrected chi connectivity index (χ2v) is 7.53. The molecule has 2 aromatic carbocycles. The topological polar surface area (TPSA) is 35.6 Å². The number of nitrogens with one attached hydrogen (secondary N) is 1. The maximum atomic E-state index is 12.2. The van der Waals surface area contributed by atoms with Crippen molar-refractivity contribution >= 4 is 34.8 Å². The average Bonchev–Trinajstić information content (AvgIpc) is 2.62. The lowest BCUT2D eigenvalue weighted by Crippen LogP contribution is -2.48. The molecule has 3 rings (SSSR count). The number of carbonyl (C=O) groups excluding carboxylic acids is 1. The number of amides is 1. The van der Waals surface area contributed by atoms with Crippen LogP contribution in [0.15, 0.2) is 42.5 Å². The van der Waals surface area contributed by atoms with Crippen LogP contribution >= 0.6 is 23.2 Å². The summed E-state index contributed by atoms with van der Waals surface area (Å²) in [4.78, 5) is 16.8. The molecular formula is C20H23Cl2N3O. The molecule has 6 heteroatoms. The molecule has 138 valence electrons. The largest absolute Gasteiger partial charge is 0.325 e. The number of aryl methyl sites for hydroxylation is 1. The third-order valence-electron chi connectivity index (χ3n) is 4.56. The van der Waals surface area contributed by atoms with Crippen LogP contribution in [0.25, 0.3) is 0 Å². The predicted molar refractivity (Wildman–Crippen MR) is 108 cm³/mol. The van der Waals surface area contributed by atoms with E-state index in [-0.39, 0.29) is 5.91 Å². The van der Waals surface area contributed by atoms with Crippen LogP contribution in [0.3, 0.4) is 0 Å². The smallest absolute Gasteiger partial charge is 0.238 e. The number of nitrogens with zero attached hydrogens (tertiary/aromatic N) is 2. The van der Waals surface area contributed by atoms with Gasteiger partial charge in [-0.1, -0.05) is 47.0 Å². The first-order valence-corrected chi connectivity index (χ1v) is 9.50. The standard InChI is InChI=1S/C20H23Cl2N3O/c1-15-2-5-17(6-3-15)23-20(26)14-25-10-8-24(9-11-25)13-16-4-7-18(21)19(22)12-16/h2-7,12H,8-11,13-14H2,1H3,(H,23,26). The summed E-state index contributed by atoms with van der Waals surface area (Å²) in [6.45, 7) is 6.92. The molecule has 0 spiro atoms. The molecule has 0 radical (unpaired) electrons. The van der Waals surface area contributed by atoms with E-state index in [1.165, 1.54) is 5.56 Å². The summed E-state index contributed by atoms with van der Waals surface area (Å²) in [5, 5.41) is 4.13. The highest BCUT2D eigenvalue weighted by molar-refractivity contribution is 6.42. The summed E-state index contributed by atoms with van der Waals surface area (Å²) >= 11 is 12.1. The first-order chi connectivity index (χ1) is 12.5. The van der Waals surface area contributed by atoms with Crippen molar-refractivity contribution in [2.24, 2.45) is 0 Å². The molecule has 0 saturated carbocycles. The molecule has 0 aromatic heterocycles. The molecule has 1 aliphatic heterocycles. The minimum absolute atomic E-state index is 0.0341. The van der Waals surface area contributed by atoms with Crippen LogP contribution in [0.1, 0.15) is 11.1 Å². The molecule has 26 heavy (non-hydrogen) atoms. The summed E-state index contributed by atoms with van der Waals surface area (Å²) < 4.78 is 0. The Morgan fingerprint density at radius 3 is 2.27 bits per heavy atom. The summed E-state index contributed by atoms with van der Waals surface area (Å²) in [7, 11) is 0. The van der Waals surface area contributed by atoms with Gasteiger partial charge < -0.3 is 5.32 Å². The van der Waals surface area contributed by atoms with Crippen molar-refractivity contribution in [3.05, 3.63) is 63.6 Å². The lowest BCUT2D eigenvalue weighted by Gasteiger charge is -2.34. The molecule has 0 unspecified atom stereocenters. The van der Waals surface area contributed by atoms with E-state index in [0.717, 1.165) is 44.0 Å². The third-order valence-corrected chi connectivity index (χ3v) is 5.30. The number of benzene rings is 2. The number of rotatable bonds is 5. The van der Waals surface area contributed by atoms with E-state index in [9.17, 15) is 4.79 Å². The molecule has 1 N–H and O–H groups in total. The third kappa shape index (κ3) is 5.45. The fraction of sp³-hybridized carbons (Fsp3) is 0.350. The molecule has 2 aromatic rings. The van der Waals surface area contributed by atoms with E-state index in [1.807, 2.05) is 49.4 Å². The fourth-order valence-electron chi connectivity index (χ4n) is 3.04. The van der Waals surface area contributed by atoms with Gasteiger partial charge in [-0.3, -0.25) is 14.6 Å². The normalized spacial score (nSPS) is 15.8. The zero-order valence-corrected chi connectivity index (χ0v) is 16.4. The first kappa shape index (κ1) is 19.2.